The number of likely N-dealkylation sites (N-methyl/N-ethyl adjacent to an activating group) is 1. The van der Waals surface area contributed by atoms with E-state index in [0.29, 0.717) is 19.8 Å². The van der Waals surface area contributed by atoms with E-state index in [0.717, 1.165) is 24.3 Å². The van der Waals surface area contributed by atoms with Gasteiger partial charge in [-0.3, -0.25) is 4.79 Å². The van der Waals surface area contributed by atoms with Crippen molar-refractivity contribution in [3.8, 4) is 0 Å². The predicted molar refractivity (Wildman–Crippen MR) is 91.7 cm³/mol. The van der Waals surface area contributed by atoms with Gasteiger partial charge in [0.1, 0.15) is 6.04 Å². The molecule has 0 saturated carbocycles. The number of aromatic nitrogens is 1. The minimum absolute atomic E-state index is 0.0459. The first-order chi connectivity index (χ1) is 11.1. The average molecular weight is 316 g/mol. The van der Waals surface area contributed by atoms with Gasteiger partial charge in [0, 0.05) is 31.5 Å². The molecule has 1 aromatic heterocycles. The first-order valence-corrected chi connectivity index (χ1v) is 7.99. The van der Waals surface area contributed by atoms with Crippen LogP contribution in [0.4, 0.5) is 5.69 Å². The number of morpholine rings is 1. The summed E-state index contributed by atoms with van der Waals surface area (Å²) in [5, 5.41) is 7.33. The van der Waals surface area contributed by atoms with Gasteiger partial charge in [-0.05, 0) is 37.7 Å². The topological polar surface area (TPSA) is 58.5 Å². The lowest BCUT2D eigenvalue weighted by molar-refractivity contribution is -0.120. The van der Waals surface area contributed by atoms with Crippen molar-refractivity contribution in [3.63, 3.8) is 0 Å². The van der Waals surface area contributed by atoms with E-state index in [-0.39, 0.29) is 11.9 Å². The lowest BCUT2D eigenvalue weighted by Gasteiger charge is -2.23. The highest BCUT2D eigenvalue weighted by atomic mass is 16.5. The normalized spacial score (nSPS) is 18.5. The molecule has 1 aliphatic heterocycles. The third-order valence-electron chi connectivity index (χ3n) is 4.07. The Morgan fingerprint density at radius 3 is 3.04 bits per heavy atom. The molecule has 1 saturated heterocycles. The van der Waals surface area contributed by atoms with Crippen LogP contribution < -0.4 is 10.6 Å². The van der Waals surface area contributed by atoms with Crippen molar-refractivity contribution in [3.05, 3.63) is 30.5 Å². The number of rotatable bonds is 5. The van der Waals surface area contributed by atoms with Crippen LogP contribution in [0.3, 0.4) is 0 Å². The van der Waals surface area contributed by atoms with E-state index < -0.39 is 0 Å². The maximum atomic E-state index is 12.3. The van der Waals surface area contributed by atoms with Gasteiger partial charge >= 0.3 is 0 Å². The lowest BCUT2D eigenvalue weighted by atomic mass is 10.2. The summed E-state index contributed by atoms with van der Waals surface area (Å²) in [5.74, 6) is -0.0459. The fourth-order valence-corrected chi connectivity index (χ4v) is 2.73. The zero-order valence-corrected chi connectivity index (χ0v) is 13.7. The third kappa shape index (κ3) is 3.90. The second kappa shape index (κ2) is 7.12. The van der Waals surface area contributed by atoms with E-state index in [2.05, 4.69) is 46.5 Å². The summed E-state index contributed by atoms with van der Waals surface area (Å²) in [6, 6.07) is 7.85. The summed E-state index contributed by atoms with van der Waals surface area (Å²) in [7, 11) is 4.13. The molecule has 2 aromatic rings. The summed E-state index contributed by atoms with van der Waals surface area (Å²) < 4.78 is 7.56. The van der Waals surface area contributed by atoms with E-state index in [9.17, 15) is 4.79 Å². The first-order valence-electron chi connectivity index (χ1n) is 7.99. The van der Waals surface area contributed by atoms with Gasteiger partial charge in [0.15, 0.2) is 0 Å². The van der Waals surface area contributed by atoms with Gasteiger partial charge < -0.3 is 24.8 Å². The molecule has 6 nitrogen and oxygen atoms in total. The molecule has 2 N–H and O–H groups in total. The van der Waals surface area contributed by atoms with Crippen LogP contribution >= 0.6 is 0 Å². The molecule has 2 heterocycles. The molecule has 0 spiro atoms. The molecule has 1 unspecified atom stereocenters. The Labute approximate surface area is 136 Å². The Bertz CT molecular complexity index is 674. The number of nitrogens with one attached hydrogen (secondary N) is 2. The number of fused-ring (bicyclic) bond motifs is 1. The molecule has 124 valence electrons. The second-order valence-corrected chi connectivity index (χ2v) is 6.16. The van der Waals surface area contributed by atoms with Crippen molar-refractivity contribution in [2.45, 2.75) is 12.6 Å². The largest absolute Gasteiger partial charge is 0.378 e. The van der Waals surface area contributed by atoms with Crippen molar-refractivity contribution in [1.82, 2.24) is 14.8 Å². The Morgan fingerprint density at radius 2 is 2.30 bits per heavy atom. The van der Waals surface area contributed by atoms with Crippen LogP contribution in [0.5, 0.6) is 0 Å². The minimum Gasteiger partial charge on any atom is -0.378 e. The third-order valence-corrected chi connectivity index (χ3v) is 4.07. The summed E-state index contributed by atoms with van der Waals surface area (Å²) >= 11 is 0. The molecule has 1 amide bonds. The molecule has 6 heteroatoms. The molecule has 1 fully saturated rings. The van der Waals surface area contributed by atoms with Crippen molar-refractivity contribution in [2.75, 3.05) is 45.7 Å². The average Bonchev–Trinajstić information content (AvgIpc) is 2.96. The Balaban J connectivity index is 1.73. The summed E-state index contributed by atoms with van der Waals surface area (Å²) in [5.41, 5.74) is 1.96. The maximum Gasteiger partial charge on any atom is 0.243 e. The Morgan fingerprint density at radius 1 is 1.43 bits per heavy atom. The molecular formula is C17H24N4O2. The minimum atomic E-state index is -0.278. The van der Waals surface area contributed by atoms with Crippen molar-refractivity contribution in [2.24, 2.45) is 0 Å². The van der Waals surface area contributed by atoms with E-state index >= 15 is 0 Å². The van der Waals surface area contributed by atoms with Gasteiger partial charge in [-0.15, -0.1) is 0 Å². The SMILES string of the molecule is CN(C)CCn1ccc2ccc(NC(=O)C3COCCN3)cc21. The number of nitrogens with zero attached hydrogens (tertiary/aromatic N) is 2. The molecular weight excluding hydrogens is 292 g/mol. The Kier molecular flexibility index (Phi) is 4.95. The molecule has 3 rings (SSSR count). The van der Waals surface area contributed by atoms with Crippen LogP contribution in [0, 0.1) is 0 Å². The smallest absolute Gasteiger partial charge is 0.243 e. The Hall–Kier alpha value is -1.89. The second-order valence-electron chi connectivity index (χ2n) is 6.16. The highest BCUT2D eigenvalue weighted by Gasteiger charge is 2.21. The van der Waals surface area contributed by atoms with Gasteiger partial charge in [0.25, 0.3) is 0 Å². The number of anilines is 1. The number of benzene rings is 1. The van der Waals surface area contributed by atoms with Gasteiger partial charge in [-0.2, -0.15) is 0 Å². The standard InChI is InChI=1S/C17H24N4O2/c1-20(2)8-9-21-7-5-13-3-4-14(11-16(13)21)19-17(22)15-12-23-10-6-18-15/h3-5,7,11,15,18H,6,8-10,12H2,1-2H3,(H,19,22). The van der Waals surface area contributed by atoms with Gasteiger partial charge in [0.05, 0.1) is 18.7 Å². The molecule has 0 bridgehead atoms. The highest BCUT2D eigenvalue weighted by Crippen LogP contribution is 2.21. The lowest BCUT2D eigenvalue weighted by Crippen LogP contribution is -2.48. The number of hydrogen-bond acceptors (Lipinski definition) is 4. The first kappa shape index (κ1) is 16.0. The van der Waals surface area contributed by atoms with Crippen molar-refractivity contribution >= 4 is 22.5 Å². The molecule has 0 radical (unpaired) electrons. The zero-order valence-electron chi connectivity index (χ0n) is 13.7. The van der Waals surface area contributed by atoms with Crippen LogP contribution in [-0.2, 0) is 16.1 Å². The van der Waals surface area contributed by atoms with E-state index in [1.807, 2.05) is 18.2 Å². The number of hydrogen-bond donors (Lipinski definition) is 2. The number of carbonyl (C=O) groups is 1. The fourth-order valence-electron chi connectivity index (χ4n) is 2.73. The van der Waals surface area contributed by atoms with Crippen molar-refractivity contribution in [1.29, 1.82) is 0 Å². The van der Waals surface area contributed by atoms with Crippen LogP contribution in [0.2, 0.25) is 0 Å². The number of ether oxygens (including phenoxy) is 1. The quantitative estimate of drug-likeness (QED) is 0.868. The summed E-state index contributed by atoms with van der Waals surface area (Å²) in [6.45, 7) is 3.70. The highest BCUT2D eigenvalue weighted by molar-refractivity contribution is 5.97. The van der Waals surface area contributed by atoms with Gasteiger partial charge in [-0.25, -0.2) is 0 Å². The maximum absolute atomic E-state index is 12.3. The van der Waals surface area contributed by atoms with E-state index in [4.69, 9.17) is 4.74 Å². The molecule has 0 aliphatic carbocycles. The van der Waals surface area contributed by atoms with Crippen LogP contribution in [0.1, 0.15) is 0 Å². The van der Waals surface area contributed by atoms with Gasteiger partial charge in [0.2, 0.25) is 5.91 Å². The zero-order chi connectivity index (χ0) is 16.2. The molecule has 1 aromatic carbocycles. The molecule has 1 atom stereocenters. The monoisotopic (exact) mass is 316 g/mol. The number of carbonyl (C=O) groups excluding carboxylic acids is 1. The van der Waals surface area contributed by atoms with E-state index in [1.54, 1.807) is 0 Å². The van der Waals surface area contributed by atoms with Gasteiger partial charge in [-0.1, -0.05) is 6.07 Å². The van der Waals surface area contributed by atoms with Crippen LogP contribution in [0.15, 0.2) is 30.5 Å². The summed E-state index contributed by atoms with van der Waals surface area (Å²) in [6.07, 6.45) is 2.09. The molecule has 23 heavy (non-hydrogen) atoms. The molecule has 1 aliphatic rings. The number of amides is 1. The van der Waals surface area contributed by atoms with Crippen molar-refractivity contribution < 1.29 is 9.53 Å². The predicted octanol–water partition coefficient (Wildman–Crippen LogP) is 1.13. The van der Waals surface area contributed by atoms with Crippen LogP contribution in [0.25, 0.3) is 10.9 Å². The fraction of sp³-hybridized carbons (Fsp3) is 0.471. The van der Waals surface area contributed by atoms with E-state index in [1.165, 1.54) is 5.39 Å². The summed E-state index contributed by atoms with van der Waals surface area (Å²) in [4.78, 5) is 14.4. The van der Waals surface area contributed by atoms with Crippen LogP contribution in [-0.4, -0.2) is 61.8 Å².